The molecular formula is C10H23N3. The maximum absolute atomic E-state index is 3.55. The van der Waals surface area contributed by atoms with Gasteiger partial charge in [0.25, 0.3) is 0 Å². The lowest BCUT2D eigenvalue weighted by Crippen LogP contribution is -2.53. The highest BCUT2D eigenvalue weighted by atomic mass is 15.5. The second-order valence-electron chi connectivity index (χ2n) is 4.11. The number of nitrogens with zero attached hydrogens (tertiary/aromatic N) is 2. The molecule has 0 aliphatic carbocycles. The summed E-state index contributed by atoms with van der Waals surface area (Å²) in [7, 11) is 2.19. The molecule has 1 aliphatic rings. The minimum Gasteiger partial charge on any atom is -0.304 e. The van der Waals surface area contributed by atoms with E-state index in [1.165, 1.54) is 25.9 Å². The van der Waals surface area contributed by atoms with Crippen LogP contribution in [0.3, 0.4) is 0 Å². The SMILES string of the molecule is CCCC(C)NN1CCN(C)CC1. The number of nitrogens with one attached hydrogen (secondary N) is 1. The summed E-state index contributed by atoms with van der Waals surface area (Å²) >= 11 is 0. The molecule has 0 bridgehead atoms. The molecule has 0 aromatic rings. The minimum atomic E-state index is 0.633. The smallest absolute Gasteiger partial charge is 0.0259 e. The van der Waals surface area contributed by atoms with E-state index in [4.69, 9.17) is 0 Å². The molecule has 0 aromatic heterocycles. The second kappa shape index (κ2) is 5.58. The van der Waals surface area contributed by atoms with Crippen molar-refractivity contribution in [3.63, 3.8) is 0 Å². The maximum Gasteiger partial charge on any atom is 0.0259 e. The van der Waals surface area contributed by atoms with E-state index in [0.717, 1.165) is 13.1 Å². The number of hydrogen-bond donors (Lipinski definition) is 1. The van der Waals surface area contributed by atoms with Gasteiger partial charge in [0.05, 0.1) is 0 Å². The number of likely N-dealkylation sites (N-methyl/N-ethyl adjacent to an activating group) is 1. The van der Waals surface area contributed by atoms with Crippen LogP contribution in [0.4, 0.5) is 0 Å². The van der Waals surface area contributed by atoms with Crippen molar-refractivity contribution >= 4 is 0 Å². The third kappa shape index (κ3) is 4.07. The Morgan fingerprint density at radius 1 is 1.23 bits per heavy atom. The number of rotatable bonds is 4. The third-order valence-corrected chi connectivity index (χ3v) is 2.63. The lowest BCUT2D eigenvalue weighted by atomic mass is 10.2. The Morgan fingerprint density at radius 2 is 1.85 bits per heavy atom. The summed E-state index contributed by atoms with van der Waals surface area (Å²) in [5.41, 5.74) is 3.55. The Morgan fingerprint density at radius 3 is 2.38 bits per heavy atom. The van der Waals surface area contributed by atoms with Gasteiger partial charge < -0.3 is 4.90 Å². The van der Waals surface area contributed by atoms with E-state index >= 15 is 0 Å². The molecule has 3 heteroatoms. The fourth-order valence-electron chi connectivity index (χ4n) is 1.74. The van der Waals surface area contributed by atoms with Gasteiger partial charge in [-0.15, -0.1) is 0 Å². The molecule has 3 nitrogen and oxygen atoms in total. The summed E-state index contributed by atoms with van der Waals surface area (Å²) < 4.78 is 0. The van der Waals surface area contributed by atoms with Crippen molar-refractivity contribution in [1.29, 1.82) is 0 Å². The van der Waals surface area contributed by atoms with E-state index in [0.29, 0.717) is 6.04 Å². The molecular weight excluding hydrogens is 162 g/mol. The zero-order valence-corrected chi connectivity index (χ0v) is 9.21. The molecule has 1 atom stereocenters. The van der Waals surface area contributed by atoms with Crippen molar-refractivity contribution in [2.75, 3.05) is 33.2 Å². The summed E-state index contributed by atoms with van der Waals surface area (Å²) in [6, 6.07) is 0.633. The monoisotopic (exact) mass is 185 g/mol. The molecule has 0 amide bonds. The zero-order valence-electron chi connectivity index (χ0n) is 9.21. The molecule has 13 heavy (non-hydrogen) atoms. The Balaban J connectivity index is 2.14. The van der Waals surface area contributed by atoms with E-state index in [1.54, 1.807) is 0 Å². The molecule has 78 valence electrons. The van der Waals surface area contributed by atoms with Crippen molar-refractivity contribution in [3.05, 3.63) is 0 Å². The van der Waals surface area contributed by atoms with Gasteiger partial charge in [0.1, 0.15) is 0 Å². The normalized spacial score (nSPS) is 23.3. The Kier molecular flexibility index (Phi) is 4.70. The highest BCUT2D eigenvalue weighted by molar-refractivity contribution is 4.68. The highest BCUT2D eigenvalue weighted by Gasteiger charge is 2.14. The van der Waals surface area contributed by atoms with Crippen LogP contribution in [0, 0.1) is 0 Å². The molecule has 0 spiro atoms. The lowest BCUT2D eigenvalue weighted by molar-refractivity contribution is 0.0881. The predicted molar refractivity (Wildman–Crippen MR) is 56.6 cm³/mol. The van der Waals surface area contributed by atoms with Crippen molar-refractivity contribution in [1.82, 2.24) is 15.3 Å². The van der Waals surface area contributed by atoms with E-state index < -0.39 is 0 Å². The van der Waals surface area contributed by atoms with Crippen LogP contribution in [0.15, 0.2) is 0 Å². The zero-order chi connectivity index (χ0) is 9.68. The molecule has 1 fully saturated rings. The van der Waals surface area contributed by atoms with Crippen LogP contribution in [0.2, 0.25) is 0 Å². The largest absolute Gasteiger partial charge is 0.304 e. The Bertz CT molecular complexity index is 130. The van der Waals surface area contributed by atoms with Gasteiger partial charge in [-0.05, 0) is 20.4 Å². The van der Waals surface area contributed by atoms with Gasteiger partial charge in [0.2, 0.25) is 0 Å². The summed E-state index contributed by atoms with van der Waals surface area (Å²) in [5, 5.41) is 2.36. The second-order valence-corrected chi connectivity index (χ2v) is 4.11. The van der Waals surface area contributed by atoms with Crippen LogP contribution >= 0.6 is 0 Å². The van der Waals surface area contributed by atoms with Crippen LogP contribution < -0.4 is 5.43 Å². The fourth-order valence-corrected chi connectivity index (χ4v) is 1.74. The average Bonchev–Trinajstić information content (AvgIpc) is 2.09. The van der Waals surface area contributed by atoms with Gasteiger partial charge in [-0.25, -0.2) is 5.01 Å². The van der Waals surface area contributed by atoms with Crippen molar-refractivity contribution in [2.24, 2.45) is 0 Å². The quantitative estimate of drug-likeness (QED) is 0.703. The summed E-state index contributed by atoms with van der Waals surface area (Å²) in [5.74, 6) is 0. The average molecular weight is 185 g/mol. The molecule has 0 saturated carbocycles. The molecule has 0 aromatic carbocycles. The van der Waals surface area contributed by atoms with Crippen LogP contribution in [0.1, 0.15) is 26.7 Å². The van der Waals surface area contributed by atoms with Crippen LogP contribution in [-0.2, 0) is 0 Å². The van der Waals surface area contributed by atoms with Crippen LogP contribution in [-0.4, -0.2) is 49.2 Å². The van der Waals surface area contributed by atoms with Gasteiger partial charge in [-0.2, -0.15) is 0 Å². The van der Waals surface area contributed by atoms with Gasteiger partial charge in [0.15, 0.2) is 0 Å². The topological polar surface area (TPSA) is 18.5 Å². The molecule has 1 unspecified atom stereocenters. The summed E-state index contributed by atoms with van der Waals surface area (Å²) in [6.45, 7) is 9.19. The van der Waals surface area contributed by atoms with Crippen molar-refractivity contribution < 1.29 is 0 Å². The standard InChI is InChI=1S/C10H23N3/c1-4-5-10(2)11-13-8-6-12(3)7-9-13/h10-11H,4-9H2,1-3H3. The lowest BCUT2D eigenvalue weighted by Gasteiger charge is -2.34. The molecule has 1 rings (SSSR count). The highest BCUT2D eigenvalue weighted by Crippen LogP contribution is 2.00. The van der Waals surface area contributed by atoms with Crippen molar-refractivity contribution in [3.8, 4) is 0 Å². The molecule has 1 aliphatic heterocycles. The van der Waals surface area contributed by atoms with Gasteiger partial charge >= 0.3 is 0 Å². The van der Waals surface area contributed by atoms with E-state index in [2.05, 4.69) is 36.2 Å². The molecule has 1 saturated heterocycles. The van der Waals surface area contributed by atoms with Gasteiger partial charge in [0, 0.05) is 32.2 Å². The maximum atomic E-state index is 3.55. The first-order valence-electron chi connectivity index (χ1n) is 5.42. The first kappa shape index (κ1) is 11.0. The first-order valence-corrected chi connectivity index (χ1v) is 5.42. The number of hydrazine groups is 1. The first-order chi connectivity index (χ1) is 6.22. The molecule has 1 heterocycles. The minimum absolute atomic E-state index is 0.633. The van der Waals surface area contributed by atoms with Gasteiger partial charge in [-0.1, -0.05) is 13.3 Å². The molecule has 0 radical (unpaired) electrons. The fraction of sp³-hybridized carbons (Fsp3) is 1.00. The Hall–Kier alpha value is -0.120. The van der Waals surface area contributed by atoms with E-state index in [-0.39, 0.29) is 0 Å². The van der Waals surface area contributed by atoms with Crippen LogP contribution in [0.25, 0.3) is 0 Å². The predicted octanol–water partition coefficient (Wildman–Crippen LogP) is 0.927. The van der Waals surface area contributed by atoms with Crippen molar-refractivity contribution in [2.45, 2.75) is 32.7 Å². The van der Waals surface area contributed by atoms with Crippen LogP contribution in [0.5, 0.6) is 0 Å². The summed E-state index contributed by atoms with van der Waals surface area (Å²) in [6.07, 6.45) is 2.54. The number of piperazine rings is 1. The summed E-state index contributed by atoms with van der Waals surface area (Å²) in [4.78, 5) is 2.38. The van der Waals surface area contributed by atoms with Gasteiger partial charge in [-0.3, -0.25) is 5.43 Å². The molecule has 1 N–H and O–H groups in total. The van der Waals surface area contributed by atoms with E-state index in [9.17, 15) is 0 Å². The third-order valence-electron chi connectivity index (χ3n) is 2.63. The number of hydrogen-bond acceptors (Lipinski definition) is 3. The Labute approximate surface area is 82.1 Å². The van der Waals surface area contributed by atoms with E-state index in [1.807, 2.05) is 0 Å².